The second-order valence-corrected chi connectivity index (χ2v) is 4.94. The number of primary amides is 2. The lowest BCUT2D eigenvalue weighted by Crippen LogP contribution is -2.22. The smallest absolute Gasteiger partial charge is 0.248 e. The van der Waals surface area contributed by atoms with E-state index in [2.05, 4.69) is 5.32 Å². The van der Waals surface area contributed by atoms with Crippen molar-refractivity contribution in [3.63, 3.8) is 0 Å². The van der Waals surface area contributed by atoms with Crippen molar-refractivity contribution in [2.45, 2.75) is 31.3 Å². The molecule has 1 aromatic carbocycles. The Labute approximate surface area is 111 Å². The maximum Gasteiger partial charge on any atom is 0.248 e. The molecule has 6 heteroatoms. The van der Waals surface area contributed by atoms with E-state index in [1.807, 2.05) is 0 Å². The summed E-state index contributed by atoms with van der Waals surface area (Å²) in [5.74, 6) is -1.18. The van der Waals surface area contributed by atoms with Crippen LogP contribution in [0, 0.1) is 0 Å². The average Bonchev–Trinajstić information content (AvgIpc) is 2.74. The van der Waals surface area contributed by atoms with Gasteiger partial charge >= 0.3 is 0 Å². The lowest BCUT2D eigenvalue weighted by molar-refractivity contribution is 0.0999. The molecule has 0 radical (unpaired) electrons. The van der Waals surface area contributed by atoms with Gasteiger partial charge < -0.3 is 22.5 Å². The van der Waals surface area contributed by atoms with Gasteiger partial charge in [0, 0.05) is 28.9 Å². The third-order valence-corrected chi connectivity index (χ3v) is 3.35. The van der Waals surface area contributed by atoms with Crippen molar-refractivity contribution in [1.29, 1.82) is 0 Å². The molecule has 2 atom stereocenters. The summed E-state index contributed by atoms with van der Waals surface area (Å²) in [5, 5.41) is 3.27. The quantitative estimate of drug-likeness (QED) is 0.617. The van der Waals surface area contributed by atoms with Gasteiger partial charge in [-0.2, -0.15) is 0 Å². The predicted octanol–water partition coefficient (Wildman–Crippen LogP) is 0.176. The molecule has 0 heterocycles. The van der Waals surface area contributed by atoms with Crippen molar-refractivity contribution in [3.8, 4) is 0 Å². The molecule has 0 aromatic heterocycles. The van der Waals surface area contributed by atoms with E-state index in [1.54, 1.807) is 12.1 Å². The summed E-state index contributed by atoms with van der Waals surface area (Å²) >= 11 is 0. The van der Waals surface area contributed by atoms with Crippen LogP contribution in [-0.2, 0) is 0 Å². The van der Waals surface area contributed by atoms with Crippen LogP contribution >= 0.6 is 0 Å². The van der Waals surface area contributed by atoms with Crippen LogP contribution in [0.2, 0.25) is 0 Å². The largest absolute Gasteiger partial charge is 0.382 e. The van der Waals surface area contributed by atoms with Gasteiger partial charge in [0.1, 0.15) is 0 Å². The molecule has 6 nitrogen and oxygen atoms in total. The molecule has 0 aliphatic heterocycles. The van der Waals surface area contributed by atoms with Gasteiger partial charge in [0.2, 0.25) is 11.8 Å². The Morgan fingerprint density at radius 1 is 1.05 bits per heavy atom. The first-order valence-corrected chi connectivity index (χ1v) is 6.22. The number of benzene rings is 1. The molecule has 7 N–H and O–H groups in total. The van der Waals surface area contributed by atoms with E-state index in [0.29, 0.717) is 5.69 Å². The van der Waals surface area contributed by atoms with Crippen LogP contribution in [0.4, 0.5) is 5.69 Å². The molecule has 2 rings (SSSR count). The van der Waals surface area contributed by atoms with E-state index < -0.39 is 11.8 Å². The molecule has 102 valence electrons. The lowest BCUT2D eigenvalue weighted by Gasteiger charge is -2.15. The van der Waals surface area contributed by atoms with E-state index >= 15 is 0 Å². The van der Waals surface area contributed by atoms with E-state index in [0.717, 1.165) is 19.3 Å². The maximum absolute atomic E-state index is 11.2. The van der Waals surface area contributed by atoms with Gasteiger partial charge in [-0.05, 0) is 37.5 Å². The van der Waals surface area contributed by atoms with E-state index in [-0.39, 0.29) is 23.2 Å². The molecule has 2 amide bonds. The first-order valence-electron chi connectivity index (χ1n) is 6.22. The van der Waals surface area contributed by atoms with Gasteiger partial charge in [-0.15, -0.1) is 0 Å². The summed E-state index contributed by atoms with van der Waals surface area (Å²) in [6, 6.07) is 5.10. The third-order valence-electron chi connectivity index (χ3n) is 3.35. The molecule has 1 saturated carbocycles. The summed E-state index contributed by atoms with van der Waals surface area (Å²) in [6.45, 7) is 0. The molecule has 19 heavy (non-hydrogen) atoms. The maximum atomic E-state index is 11.2. The van der Waals surface area contributed by atoms with Crippen LogP contribution in [0.25, 0.3) is 0 Å². The number of hydrogen-bond acceptors (Lipinski definition) is 4. The monoisotopic (exact) mass is 262 g/mol. The zero-order chi connectivity index (χ0) is 14.0. The molecule has 2 unspecified atom stereocenters. The highest BCUT2D eigenvalue weighted by Gasteiger charge is 2.22. The van der Waals surface area contributed by atoms with Crippen molar-refractivity contribution in [1.82, 2.24) is 0 Å². The molecule has 0 bridgehead atoms. The molecular formula is C13H18N4O2. The zero-order valence-corrected chi connectivity index (χ0v) is 10.6. The van der Waals surface area contributed by atoms with Gasteiger partial charge in [-0.1, -0.05) is 0 Å². The van der Waals surface area contributed by atoms with E-state index in [1.165, 1.54) is 6.07 Å². The van der Waals surface area contributed by atoms with Gasteiger partial charge in [-0.3, -0.25) is 9.59 Å². The van der Waals surface area contributed by atoms with Crippen LogP contribution in [0.3, 0.4) is 0 Å². The Morgan fingerprint density at radius 2 is 1.63 bits per heavy atom. The Bertz CT molecular complexity index is 483. The second kappa shape index (κ2) is 5.27. The van der Waals surface area contributed by atoms with Crippen LogP contribution in [-0.4, -0.2) is 23.9 Å². The lowest BCUT2D eigenvalue weighted by atomic mass is 10.1. The standard InChI is InChI=1S/C13H18N4O2/c14-9-1-2-10(6-9)17-11-4-7(12(15)18)3-8(5-11)13(16)19/h3-5,9-10,17H,1-2,6,14H2,(H2,15,18)(H2,16,19). The number of nitrogens with two attached hydrogens (primary N) is 3. The molecule has 1 fully saturated rings. The van der Waals surface area contributed by atoms with Crippen molar-refractivity contribution in [2.75, 3.05) is 5.32 Å². The Hall–Kier alpha value is -2.08. The van der Waals surface area contributed by atoms with Crippen molar-refractivity contribution >= 4 is 17.5 Å². The molecule has 0 saturated heterocycles. The van der Waals surface area contributed by atoms with E-state index in [4.69, 9.17) is 17.2 Å². The minimum absolute atomic E-state index is 0.201. The second-order valence-electron chi connectivity index (χ2n) is 4.94. The molecule has 1 aliphatic rings. The van der Waals surface area contributed by atoms with Crippen molar-refractivity contribution in [3.05, 3.63) is 29.3 Å². The highest BCUT2D eigenvalue weighted by Crippen LogP contribution is 2.23. The number of nitrogens with one attached hydrogen (secondary N) is 1. The fraction of sp³-hybridized carbons (Fsp3) is 0.385. The number of carbonyl (C=O) groups excluding carboxylic acids is 2. The van der Waals surface area contributed by atoms with Crippen LogP contribution in [0.15, 0.2) is 18.2 Å². The molecule has 1 aromatic rings. The first kappa shape index (κ1) is 13.4. The minimum Gasteiger partial charge on any atom is -0.382 e. The number of amides is 2. The van der Waals surface area contributed by atoms with Gasteiger partial charge in [0.25, 0.3) is 0 Å². The van der Waals surface area contributed by atoms with E-state index in [9.17, 15) is 9.59 Å². The van der Waals surface area contributed by atoms with Crippen molar-refractivity contribution in [2.24, 2.45) is 17.2 Å². The number of rotatable bonds is 4. The fourth-order valence-corrected chi connectivity index (χ4v) is 2.38. The van der Waals surface area contributed by atoms with Gasteiger partial charge in [0.15, 0.2) is 0 Å². The molecular weight excluding hydrogens is 244 g/mol. The predicted molar refractivity (Wildman–Crippen MR) is 72.7 cm³/mol. The fourth-order valence-electron chi connectivity index (χ4n) is 2.38. The normalized spacial score (nSPS) is 22.2. The van der Waals surface area contributed by atoms with Gasteiger partial charge in [-0.25, -0.2) is 0 Å². The first-order chi connectivity index (χ1) is 8.95. The topological polar surface area (TPSA) is 124 Å². The number of hydrogen-bond donors (Lipinski definition) is 4. The minimum atomic E-state index is -0.589. The summed E-state index contributed by atoms with van der Waals surface area (Å²) < 4.78 is 0. The summed E-state index contributed by atoms with van der Waals surface area (Å²) in [4.78, 5) is 22.5. The average molecular weight is 262 g/mol. The summed E-state index contributed by atoms with van der Waals surface area (Å²) in [7, 11) is 0. The third kappa shape index (κ3) is 3.23. The molecule has 0 spiro atoms. The zero-order valence-electron chi connectivity index (χ0n) is 10.6. The van der Waals surface area contributed by atoms with Crippen LogP contribution < -0.4 is 22.5 Å². The van der Waals surface area contributed by atoms with Gasteiger partial charge in [0.05, 0.1) is 0 Å². The Morgan fingerprint density at radius 3 is 2.05 bits per heavy atom. The van der Waals surface area contributed by atoms with Crippen LogP contribution in [0.5, 0.6) is 0 Å². The Balaban J connectivity index is 2.23. The SMILES string of the molecule is NC(=O)c1cc(NC2CCC(N)C2)cc(C(N)=O)c1. The Kier molecular flexibility index (Phi) is 3.71. The highest BCUT2D eigenvalue weighted by molar-refractivity contribution is 5.99. The summed E-state index contributed by atoms with van der Waals surface area (Å²) in [5.41, 5.74) is 17.5. The summed E-state index contributed by atoms with van der Waals surface area (Å²) in [6.07, 6.45) is 2.80. The highest BCUT2D eigenvalue weighted by atomic mass is 16.1. The molecule has 1 aliphatic carbocycles. The van der Waals surface area contributed by atoms with Crippen molar-refractivity contribution < 1.29 is 9.59 Å². The van der Waals surface area contributed by atoms with Crippen LogP contribution in [0.1, 0.15) is 40.0 Å². The number of carbonyl (C=O) groups is 2. The number of anilines is 1.